The van der Waals surface area contributed by atoms with Crippen LogP contribution in [0.1, 0.15) is 11.3 Å². The van der Waals surface area contributed by atoms with Gasteiger partial charge >= 0.3 is 0 Å². The topological polar surface area (TPSA) is 34.6 Å². The van der Waals surface area contributed by atoms with Gasteiger partial charge in [0.2, 0.25) is 0 Å². The first-order valence-electron chi connectivity index (χ1n) is 7.74. The van der Waals surface area contributed by atoms with Crippen molar-refractivity contribution in [3.05, 3.63) is 52.5 Å². The Morgan fingerprint density at radius 2 is 2.32 bits per heavy atom. The van der Waals surface area contributed by atoms with E-state index < -0.39 is 0 Å². The number of ether oxygens (including phenoxy) is 2. The van der Waals surface area contributed by atoms with Crippen molar-refractivity contribution in [3.8, 4) is 0 Å². The molecule has 0 saturated carbocycles. The number of hydrogen-bond acceptors (Lipinski definition) is 5. The fourth-order valence-corrected chi connectivity index (χ4v) is 4.10. The molecule has 4 rings (SSSR count). The number of rotatable bonds is 5. The van der Waals surface area contributed by atoms with Crippen LogP contribution in [0.15, 0.2) is 41.2 Å². The monoisotopic (exact) mass is 316 g/mol. The van der Waals surface area contributed by atoms with Gasteiger partial charge in [0.15, 0.2) is 0 Å². The average molecular weight is 316 g/mol. The zero-order valence-corrected chi connectivity index (χ0v) is 13.2. The fraction of sp³-hybridized carbons (Fsp3) is 0.471. The van der Waals surface area contributed by atoms with E-state index >= 15 is 0 Å². The molecule has 0 aromatic carbocycles. The first-order chi connectivity index (χ1) is 10.9. The van der Waals surface area contributed by atoms with E-state index in [1.807, 2.05) is 24.4 Å². The largest absolute Gasteiger partial charge is 0.379 e. The number of nitrogens with zero attached hydrogens (tertiary/aromatic N) is 2. The first kappa shape index (κ1) is 14.3. The van der Waals surface area contributed by atoms with Crippen molar-refractivity contribution in [1.29, 1.82) is 0 Å². The van der Waals surface area contributed by atoms with Gasteiger partial charge in [-0.15, -0.1) is 0 Å². The molecule has 0 aliphatic carbocycles. The van der Waals surface area contributed by atoms with Crippen LogP contribution in [-0.4, -0.2) is 41.8 Å². The van der Waals surface area contributed by atoms with E-state index in [0.717, 1.165) is 32.0 Å². The Morgan fingerprint density at radius 1 is 1.32 bits per heavy atom. The first-order valence-corrected chi connectivity index (χ1v) is 8.69. The molecule has 0 radical (unpaired) electrons. The van der Waals surface area contributed by atoms with Gasteiger partial charge in [-0.05, 0) is 34.5 Å². The summed E-state index contributed by atoms with van der Waals surface area (Å²) in [5, 5.41) is 4.37. The van der Waals surface area contributed by atoms with Gasteiger partial charge in [0, 0.05) is 31.2 Å². The van der Waals surface area contributed by atoms with Crippen molar-refractivity contribution in [1.82, 2.24) is 9.88 Å². The van der Waals surface area contributed by atoms with Crippen LogP contribution in [0.25, 0.3) is 0 Å². The second kappa shape index (κ2) is 6.46. The Kier molecular flexibility index (Phi) is 4.21. The van der Waals surface area contributed by atoms with Crippen molar-refractivity contribution >= 4 is 11.3 Å². The molecule has 2 aromatic heterocycles. The highest BCUT2D eigenvalue weighted by Crippen LogP contribution is 2.33. The van der Waals surface area contributed by atoms with Crippen molar-refractivity contribution in [2.75, 3.05) is 19.8 Å². The highest BCUT2D eigenvalue weighted by Gasteiger charge is 2.45. The van der Waals surface area contributed by atoms with Crippen LogP contribution in [0.3, 0.4) is 0 Å². The zero-order valence-electron chi connectivity index (χ0n) is 12.4. The van der Waals surface area contributed by atoms with Crippen LogP contribution in [0.4, 0.5) is 0 Å². The third-order valence-corrected chi connectivity index (χ3v) is 5.32. The number of likely N-dealkylation sites (tertiary alicyclic amines) is 1. The summed E-state index contributed by atoms with van der Waals surface area (Å²) in [7, 11) is 0. The second-order valence-corrected chi connectivity index (χ2v) is 6.78. The van der Waals surface area contributed by atoms with Crippen molar-refractivity contribution in [2.24, 2.45) is 5.92 Å². The lowest BCUT2D eigenvalue weighted by atomic mass is 10.0. The summed E-state index contributed by atoms with van der Waals surface area (Å²) in [4.78, 5) is 6.85. The quantitative estimate of drug-likeness (QED) is 0.849. The maximum absolute atomic E-state index is 6.17. The third kappa shape index (κ3) is 2.94. The average Bonchev–Trinajstić information content (AvgIpc) is 3.26. The summed E-state index contributed by atoms with van der Waals surface area (Å²) in [6, 6.07) is 8.65. The van der Waals surface area contributed by atoms with E-state index in [-0.39, 0.29) is 6.10 Å². The lowest BCUT2D eigenvalue weighted by Gasteiger charge is -2.21. The Hall–Kier alpha value is -1.27. The molecule has 4 heterocycles. The second-order valence-electron chi connectivity index (χ2n) is 6.00. The van der Waals surface area contributed by atoms with Gasteiger partial charge in [0.05, 0.1) is 31.6 Å². The molecule has 2 saturated heterocycles. The summed E-state index contributed by atoms with van der Waals surface area (Å²) in [5.41, 5.74) is 2.38. The van der Waals surface area contributed by atoms with Crippen LogP contribution in [0.2, 0.25) is 0 Å². The van der Waals surface area contributed by atoms with Crippen molar-refractivity contribution < 1.29 is 9.47 Å². The maximum atomic E-state index is 6.17. The Bertz CT molecular complexity index is 590. The third-order valence-electron chi connectivity index (χ3n) is 4.59. The molecule has 4 nitrogen and oxygen atoms in total. The van der Waals surface area contributed by atoms with E-state index in [4.69, 9.17) is 9.47 Å². The minimum atomic E-state index is 0.244. The highest BCUT2D eigenvalue weighted by atomic mass is 32.1. The van der Waals surface area contributed by atoms with E-state index in [9.17, 15) is 0 Å². The molecular formula is C17H20N2O2S. The normalized spacial score (nSPS) is 28.1. The zero-order chi connectivity index (χ0) is 14.8. The number of pyridine rings is 1. The van der Waals surface area contributed by atoms with Crippen LogP contribution in [0, 0.1) is 5.92 Å². The van der Waals surface area contributed by atoms with Gasteiger partial charge in [-0.3, -0.25) is 9.88 Å². The maximum Gasteiger partial charge on any atom is 0.0892 e. The summed E-state index contributed by atoms with van der Waals surface area (Å²) in [6.07, 6.45) is 2.06. The molecular weight excluding hydrogens is 296 g/mol. The Morgan fingerprint density at radius 3 is 3.14 bits per heavy atom. The minimum absolute atomic E-state index is 0.244. The molecule has 2 aromatic rings. The molecule has 2 aliphatic rings. The van der Waals surface area contributed by atoms with Gasteiger partial charge < -0.3 is 9.47 Å². The van der Waals surface area contributed by atoms with Crippen LogP contribution < -0.4 is 0 Å². The van der Waals surface area contributed by atoms with Crippen LogP contribution >= 0.6 is 11.3 Å². The molecule has 0 bridgehead atoms. The molecule has 0 amide bonds. The van der Waals surface area contributed by atoms with Gasteiger partial charge in [-0.2, -0.15) is 11.3 Å². The molecule has 0 unspecified atom stereocenters. The molecule has 0 N–H and O–H groups in total. The minimum Gasteiger partial charge on any atom is -0.379 e. The molecule has 3 atom stereocenters. The summed E-state index contributed by atoms with van der Waals surface area (Å²) in [5.74, 6) is 0.488. The Balaban J connectivity index is 1.40. The smallest absolute Gasteiger partial charge is 0.0892 e. The van der Waals surface area contributed by atoms with Gasteiger partial charge in [0.1, 0.15) is 0 Å². The molecule has 116 valence electrons. The fourth-order valence-electron chi connectivity index (χ4n) is 3.44. The van der Waals surface area contributed by atoms with E-state index in [1.54, 1.807) is 11.3 Å². The number of hydrogen-bond donors (Lipinski definition) is 0. The predicted octanol–water partition coefficient (Wildman–Crippen LogP) is 2.56. The van der Waals surface area contributed by atoms with Crippen LogP contribution in [-0.2, 0) is 22.6 Å². The molecule has 2 fully saturated rings. The van der Waals surface area contributed by atoms with Crippen molar-refractivity contribution in [2.45, 2.75) is 25.3 Å². The molecule has 2 aliphatic heterocycles. The van der Waals surface area contributed by atoms with Gasteiger partial charge in [0.25, 0.3) is 0 Å². The van der Waals surface area contributed by atoms with E-state index in [2.05, 4.69) is 26.7 Å². The highest BCUT2D eigenvalue weighted by molar-refractivity contribution is 7.07. The molecule has 0 spiro atoms. The van der Waals surface area contributed by atoms with Gasteiger partial charge in [-0.1, -0.05) is 6.07 Å². The summed E-state index contributed by atoms with van der Waals surface area (Å²) < 4.78 is 11.9. The molecule has 5 heteroatoms. The Labute approximate surface area is 134 Å². The molecule has 22 heavy (non-hydrogen) atoms. The SMILES string of the molecule is c1ccc(CO[C@@H]2CN(Cc3ccsc3)[C@@H]3COC[C@@H]32)nc1. The van der Waals surface area contributed by atoms with E-state index in [0.29, 0.717) is 18.6 Å². The summed E-state index contributed by atoms with van der Waals surface area (Å²) >= 11 is 1.76. The predicted molar refractivity (Wildman–Crippen MR) is 85.6 cm³/mol. The lowest BCUT2D eigenvalue weighted by Crippen LogP contribution is -2.32. The standard InChI is InChI=1S/C17H20N2O2S/c1-2-5-18-14(3-1)9-21-17-8-19(7-13-4-6-22-12-13)16-11-20-10-15(16)17/h1-6,12,15-17H,7-11H2/t15-,16+,17+/m0/s1. The van der Waals surface area contributed by atoms with E-state index in [1.165, 1.54) is 5.56 Å². The van der Waals surface area contributed by atoms with Gasteiger partial charge in [-0.25, -0.2) is 0 Å². The van der Waals surface area contributed by atoms with Crippen LogP contribution in [0.5, 0.6) is 0 Å². The van der Waals surface area contributed by atoms with Crippen molar-refractivity contribution in [3.63, 3.8) is 0 Å². The number of thiophene rings is 1. The number of fused-ring (bicyclic) bond motifs is 1. The number of aromatic nitrogens is 1. The summed E-state index contributed by atoms with van der Waals surface area (Å²) in [6.45, 7) is 4.22. The lowest BCUT2D eigenvalue weighted by molar-refractivity contribution is 0.00741.